The Hall–Kier alpha value is -1.93. The van der Waals surface area contributed by atoms with Crippen LogP contribution in [-0.4, -0.2) is 113 Å². The summed E-state index contributed by atoms with van der Waals surface area (Å²) in [6.45, 7) is 12.1. The molecule has 258 valence electrons. The Morgan fingerprint density at radius 2 is 1.84 bits per heavy atom. The summed E-state index contributed by atoms with van der Waals surface area (Å²) in [5.74, 6) is -6.34. The zero-order chi connectivity index (χ0) is 33.9. The number of fused-ring (bicyclic) bond motifs is 1. The molecule has 45 heavy (non-hydrogen) atoms. The fourth-order valence-corrected chi connectivity index (χ4v) is 7.00. The van der Waals surface area contributed by atoms with Gasteiger partial charge in [0.15, 0.2) is 6.29 Å². The summed E-state index contributed by atoms with van der Waals surface area (Å²) in [5, 5.41) is 34.4. The van der Waals surface area contributed by atoms with Crippen LogP contribution in [0.25, 0.3) is 0 Å². The van der Waals surface area contributed by atoms with E-state index >= 15 is 0 Å². The first-order chi connectivity index (χ1) is 21.0. The first-order valence-electron chi connectivity index (χ1n) is 16.2. The van der Waals surface area contributed by atoms with Gasteiger partial charge in [-0.05, 0) is 59.0 Å². The predicted octanol–water partition coefficient (Wildman–Crippen LogP) is 2.35. The minimum atomic E-state index is -2.40. The fraction of sp³-hybridized carbons (Fsp3) is 0.848. The normalized spacial score (nSPS) is 45.7. The van der Waals surface area contributed by atoms with Gasteiger partial charge in [0.25, 0.3) is 0 Å². The third-order valence-electron chi connectivity index (χ3n) is 9.87. The Morgan fingerprint density at radius 3 is 2.42 bits per heavy atom. The lowest BCUT2D eigenvalue weighted by molar-refractivity contribution is -0.305. The molecule has 3 aliphatic rings. The smallest absolute Gasteiger partial charge is 0.312 e. The van der Waals surface area contributed by atoms with Crippen LogP contribution in [0, 0.1) is 23.7 Å². The van der Waals surface area contributed by atoms with E-state index in [1.807, 2.05) is 59.7 Å². The van der Waals surface area contributed by atoms with Gasteiger partial charge in [0, 0.05) is 31.2 Å². The van der Waals surface area contributed by atoms with Gasteiger partial charge in [-0.25, -0.2) is 0 Å². The third kappa shape index (κ3) is 9.12. The lowest BCUT2D eigenvalue weighted by atomic mass is 9.78. The van der Waals surface area contributed by atoms with Crippen LogP contribution in [0.2, 0.25) is 0 Å². The van der Waals surface area contributed by atoms with Crippen LogP contribution in [0.15, 0.2) is 12.2 Å². The molecule has 3 aliphatic heterocycles. The van der Waals surface area contributed by atoms with E-state index in [1.54, 1.807) is 13.0 Å². The van der Waals surface area contributed by atoms with Crippen molar-refractivity contribution >= 4 is 18.2 Å². The highest BCUT2D eigenvalue weighted by molar-refractivity contribution is 5.72. The monoisotopic (exact) mass is 641 g/mol. The highest BCUT2D eigenvalue weighted by Gasteiger charge is 2.56. The van der Waals surface area contributed by atoms with E-state index in [1.165, 1.54) is 0 Å². The van der Waals surface area contributed by atoms with Gasteiger partial charge in [0.05, 0.1) is 24.4 Å². The van der Waals surface area contributed by atoms with Crippen molar-refractivity contribution in [3.63, 3.8) is 0 Å². The molecule has 2 saturated heterocycles. The van der Waals surface area contributed by atoms with Crippen LogP contribution in [-0.2, 0) is 38.1 Å². The maximum Gasteiger partial charge on any atom is 0.312 e. The van der Waals surface area contributed by atoms with Crippen molar-refractivity contribution in [1.29, 1.82) is 0 Å². The zero-order valence-corrected chi connectivity index (χ0v) is 28.3. The fourth-order valence-electron chi connectivity index (χ4n) is 7.00. The summed E-state index contributed by atoms with van der Waals surface area (Å²) in [6, 6.07) is -0.305. The molecular formula is C33H55NO11. The minimum Gasteiger partial charge on any atom is -0.462 e. The molecule has 12 heteroatoms. The SMILES string of the molecule is CC[C@H]1OC(=O)C[C@](O)(OC(C)=O)[C@H](C)C(O[C@@H]2O[C@H](C)C[C@H](N(C)C)[C@H]2O)[C@@H](CC=O)C[C@@H](C)C(O)/C=C/[C@]2(C)O[C@H]2[C@@H]1C. The average molecular weight is 642 g/mol. The number of nitrogens with zero attached hydrogens (tertiary/aromatic N) is 1. The number of hydrogen-bond donors (Lipinski definition) is 3. The summed E-state index contributed by atoms with van der Waals surface area (Å²) < 4.78 is 29.8. The third-order valence-corrected chi connectivity index (χ3v) is 9.87. The van der Waals surface area contributed by atoms with Gasteiger partial charge in [0.1, 0.15) is 30.5 Å². The Balaban J connectivity index is 2.09. The molecule has 0 saturated carbocycles. The molecule has 0 amide bonds. The molecule has 0 aromatic rings. The van der Waals surface area contributed by atoms with Gasteiger partial charge in [-0.15, -0.1) is 0 Å². The second-order valence-electron chi connectivity index (χ2n) is 13.8. The second kappa shape index (κ2) is 15.3. The summed E-state index contributed by atoms with van der Waals surface area (Å²) in [4.78, 5) is 39.7. The van der Waals surface area contributed by atoms with E-state index in [9.17, 15) is 29.7 Å². The van der Waals surface area contributed by atoms with Crippen molar-refractivity contribution < 1.29 is 53.4 Å². The number of esters is 2. The highest BCUT2D eigenvalue weighted by Crippen LogP contribution is 2.45. The van der Waals surface area contributed by atoms with Crippen LogP contribution in [0.4, 0.5) is 0 Å². The van der Waals surface area contributed by atoms with Crippen molar-refractivity contribution in [2.75, 3.05) is 14.1 Å². The molecule has 3 heterocycles. The number of hydrogen-bond acceptors (Lipinski definition) is 12. The predicted molar refractivity (Wildman–Crippen MR) is 164 cm³/mol. The number of likely N-dealkylation sites (N-methyl/N-ethyl adjacent to an activating group) is 1. The van der Waals surface area contributed by atoms with Crippen molar-refractivity contribution in [2.45, 2.75) is 141 Å². The summed E-state index contributed by atoms with van der Waals surface area (Å²) >= 11 is 0. The molecule has 3 rings (SSSR count). The van der Waals surface area contributed by atoms with Gasteiger partial charge < -0.3 is 48.7 Å². The van der Waals surface area contributed by atoms with Gasteiger partial charge in [-0.1, -0.05) is 39.8 Å². The van der Waals surface area contributed by atoms with Crippen molar-refractivity contribution in [1.82, 2.24) is 4.90 Å². The van der Waals surface area contributed by atoms with E-state index in [-0.39, 0.29) is 42.9 Å². The van der Waals surface area contributed by atoms with Gasteiger partial charge in [-0.3, -0.25) is 9.59 Å². The molecule has 0 aliphatic carbocycles. The summed E-state index contributed by atoms with van der Waals surface area (Å²) in [7, 11) is 3.68. The van der Waals surface area contributed by atoms with Crippen LogP contribution in [0.3, 0.4) is 0 Å². The largest absolute Gasteiger partial charge is 0.462 e. The van der Waals surface area contributed by atoms with Gasteiger partial charge in [0.2, 0.25) is 5.79 Å². The van der Waals surface area contributed by atoms with Crippen molar-refractivity contribution in [3.8, 4) is 0 Å². The molecule has 2 fully saturated rings. The molecule has 0 radical (unpaired) electrons. The molecule has 12 nitrogen and oxygen atoms in total. The van der Waals surface area contributed by atoms with E-state index in [4.69, 9.17) is 23.7 Å². The maximum absolute atomic E-state index is 13.4. The Labute approximate surface area is 267 Å². The van der Waals surface area contributed by atoms with Gasteiger partial charge in [-0.2, -0.15) is 0 Å². The quantitative estimate of drug-likeness (QED) is 0.122. The highest BCUT2D eigenvalue weighted by atomic mass is 16.7. The zero-order valence-electron chi connectivity index (χ0n) is 28.3. The second-order valence-corrected chi connectivity index (χ2v) is 13.8. The van der Waals surface area contributed by atoms with E-state index in [2.05, 4.69) is 0 Å². The number of carbonyl (C=O) groups excluding carboxylic acids is 3. The topological polar surface area (TPSA) is 165 Å². The Morgan fingerprint density at radius 1 is 1.18 bits per heavy atom. The molecule has 0 spiro atoms. The van der Waals surface area contributed by atoms with Crippen LogP contribution >= 0.6 is 0 Å². The van der Waals surface area contributed by atoms with Crippen molar-refractivity contribution in [2.24, 2.45) is 23.7 Å². The Bertz CT molecular complexity index is 1050. The molecule has 0 aromatic heterocycles. The Kier molecular flexibility index (Phi) is 12.8. The van der Waals surface area contributed by atoms with E-state index < -0.39 is 72.3 Å². The molecule has 0 bridgehead atoms. The maximum atomic E-state index is 13.4. The van der Waals surface area contributed by atoms with E-state index in [0.29, 0.717) is 12.8 Å². The number of epoxide rings is 1. The first kappa shape index (κ1) is 37.5. The van der Waals surface area contributed by atoms with Gasteiger partial charge >= 0.3 is 11.9 Å². The number of cyclic esters (lactones) is 1. The molecular weight excluding hydrogens is 586 g/mol. The standard InChI is InChI=1S/C33H55NO11/c1-10-26-20(4)30-32(7,45-30)13-11-25(37)18(2)15-23(12-14-35)29(21(5)33(40,44-22(6)36)17-27(38)42-26)43-31-28(39)24(34(8)9)16-19(3)41-31/h11,13-14,18-21,23-26,28-31,37,39-40H,10,12,15-17H2,1-9H3/b13-11+/t18-,19-,20-,21-,23+,24+,25?,26-,28-,29?,30+,31+,32+,33+/m1/s1. The number of aliphatic hydroxyl groups excluding tert-OH is 2. The minimum absolute atomic E-state index is 0.0375. The average Bonchev–Trinajstić information content (AvgIpc) is 3.63. The summed E-state index contributed by atoms with van der Waals surface area (Å²) in [6.07, 6.45) is -0.541. The molecule has 3 N–H and O–H groups in total. The first-order valence-corrected chi connectivity index (χ1v) is 16.2. The van der Waals surface area contributed by atoms with Crippen molar-refractivity contribution in [3.05, 3.63) is 12.2 Å². The lowest BCUT2D eigenvalue weighted by Gasteiger charge is -2.46. The molecule has 14 atom stereocenters. The lowest BCUT2D eigenvalue weighted by Crippen LogP contribution is -2.58. The van der Waals surface area contributed by atoms with Crippen LogP contribution < -0.4 is 0 Å². The number of ether oxygens (including phenoxy) is 5. The van der Waals surface area contributed by atoms with E-state index in [0.717, 1.165) is 13.2 Å². The molecule has 0 aromatic carbocycles. The molecule has 2 unspecified atom stereocenters. The number of aldehydes is 1. The number of aliphatic hydroxyl groups is 3. The number of rotatable bonds is 7. The summed E-state index contributed by atoms with van der Waals surface area (Å²) in [5.41, 5.74) is -0.661. The number of carbonyl (C=O) groups is 3. The van der Waals surface area contributed by atoms with Crippen LogP contribution in [0.1, 0.15) is 80.6 Å². The van der Waals surface area contributed by atoms with Crippen LogP contribution in [0.5, 0.6) is 0 Å².